The molecule has 80 valence electrons. The van der Waals surface area contributed by atoms with Crippen LogP contribution in [-0.2, 0) is 4.79 Å². The van der Waals surface area contributed by atoms with Crippen LogP contribution in [0.4, 0.5) is 0 Å². The highest BCUT2D eigenvalue weighted by atomic mass is 16.1. The third-order valence-corrected chi connectivity index (χ3v) is 2.06. The third kappa shape index (κ3) is 2.63. The largest absolute Gasteiger partial charge is 0.288 e. The molecular formula is C12H11N3O. The Morgan fingerprint density at radius 2 is 2.12 bits per heavy atom. The van der Waals surface area contributed by atoms with Crippen molar-refractivity contribution >= 4 is 22.9 Å². The minimum absolute atomic E-state index is 0.00810. The van der Waals surface area contributed by atoms with E-state index in [-0.39, 0.29) is 5.78 Å². The molecule has 16 heavy (non-hydrogen) atoms. The zero-order chi connectivity index (χ0) is 11.2. The Hall–Kier alpha value is -2.23. The van der Waals surface area contributed by atoms with E-state index in [1.807, 2.05) is 30.5 Å². The molecule has 4 nitrogen and oxygen atoms in total. The molecule has 1 aromatic heterocycles. The van der Waals surface area contributed by atoms with Crippen LogP contribution >= 0.6 is 0 Å². The fourth-order valence-corrected chi connectivity index (χ4v) is 1.30. The van der Waals surface area contributed by atoms with Crippen LogP contribution in [0.5, 0.6) is 0 Å². The average molecular weight is 213 g/mol. The molecule has 2 heterocycles. The molecule has 3 rings (SSSR count). The zero-order valence-corrected chi connectivity index (χ0v) is 8.63. The van der Waals surface area contributed by atoms with Gasteiger partial charge in [0.2, 0.25) is 0 Å². The summed E-state index contributed by atoms with van der Waals surface area (Å²) in [5, 5.41) is 7.91. The third-order valence-electron chi connectivity index (χ3n) is 2.06. The fourth-order valence-electron chi connectivity index (χ4n) is 1.30. The van der Waals surface area contributed by atoms with Crippen molar-refractivity contribution in [1.82, 2.24) is 10.2 Å². The second-order valence-electron chi connectivity index (χ2n) is 3.26. The maximum Gasteiger partial charge on any atom is 0.196 e. The number of nitrogens with zero attached hydrogens (tertiary/aromatic N) is 2. The minimum atomic E-state index is -0.00810. The number of rotatable bonds is 0. The van der Waals surface area contributed by atoms with Crippen LogP contribution in [0.2, 0.25) is 0 Å². The van der Waals surface area contributed by atoms with Crippen molar-refractivity contribution in [1.29, 1.82) is 0 Å². The quantitative estimate of drug-likeness (QED) is 0.724. The van der Waals surface area contributed by atoms with Crippen molar-refractivity contribution in [2.24, 2.45) is 4.99 Å². The van der Waals surface area contributed by atoms with E-state index in [4.69, 9.17) is 0 Å². The van der Waals surface area contributed by atoms with Crippen molar-refractivity contribution in [2.75, 3.05) is 6.54 Å². The van der Waals surface area contributed by atoms with Crippen LogP contribution in [0.1, 0.15) is 0 Å². The monoisotopic (exact) mass is 213 g/mol. The summed E-state index contributed by atoms with van der Waals surface area (Å²) in [6.45, 7) is 0.658. The Morgan fingerprint density at radius 3 is 2.75 bits per heavy atom. The summed E-state index contributed by atoms with van der Waals surface area (Å²) in [4.78, 5) is 13.9. The van der Waals surface area contributed by atoms with Crippen LogP contribution in [-0.4, -0.2) is 28.7 Å². The van der Waals surface area contributed by atoms with E-state index >= 15 is 0 Å². The average Bonchev–Trinajstić information content (AvgIpc) is 2.79. The molecule has 1 N–H and O–H groups in total. The lowest BCUT2D eigenvalue weighted by Gasteiger charge is -1.87. The fraction of sp³-hybridized carbons (Fsp3) is 0.0833. The van der Waals surface area contributed by atoms with Crippen molar-refractivity contribution < 1.29 is 4.79 Å². The summed E-state index contributed by atoms with van der Waals surface area (Å²) in [5.41, 5.74) is 1.09. The Bertz CT molecular complexity index is 496. The minimum Gasteiger partial charge on any atom is -0.288 e. The van der Waals surface area contributed by atoms with Gasteiger partial charge in [0.15, 0.2) is 5.78 Å². The van der Waals surface area contributed by atoms with Crippen LogP contribution in [0.25, 0.3) is 10.9 Å². The van der Waals surface area contributed by atoms with Gasteiger partial charge in [-0.1, -0.05) is 24.3 Å². The van der Waals surface area contributed by atoms with Gasteiger partial charge >= 0.3 is 0 Å². The highest BCUT2D eigenvalue weighted by molar-refractivity contribution is 6.33. The first-order chi connectivity index (χ1) is 7.86. The number of aromatic amines is 1. The lowest BCUT2D eigenvalue weighted by atomic mass is 10.3. The molecule has 0 amide bonds. The number of carbonyl (C=O) groups is 1. The molecule has 0 atom stereocenters. The maximum absolute atomic E-state index is 10.2. The van der Waals surface area contributed by atoms with E-state index < -0.39 is 0 Å². The number of ketones is 1. The van der Waals surface area contributed by atoms with Gasteiger partial charge in [0.25, 0.3) is 0 Å². The van der Waals surface area contributed by atoms with Crippen molar-refractivity contribution in [3.63, 3.8) is 0 Å². The maximum atomic E-state index is 10.2. The number of nitrogens with one attached hydrogen (secondary N) is 1. The number of hydrogen-bond acceptors (Lipinski definition) is 3. The van der Waals surface area contributed by atoms with E-state index in [0.717, 1.165) is 10.9 Å². The topological polar surface area (TPSA) is 58.1 Å². The van der Waals surface area contributed by atoms with Gasteiger partial charge in [-0.05, 0) is 12.1 Å². The Balaban J connectivity index is 0.000000125. The zero-order valence-electron chi connectivity index (χ0n) is 8.63. The number of carbonyl (C=O) groups excluding carboxylic acids is 1. The van der Waals surface area contributed by atoms with Crippen molar-refractivity contribution in [3.05, 3.63) is 42.6 Å². The molecule has 1 aliphatic rings. The second-order valence-corrected chi connectivity index (χ2v) is 3.26. The Morgan fingerprint density at radius 1 is 1.25 bits per heavy atom. The summed E-state index contributed by atoms with van der Waals surface area (Å²) >= 11 is 0. The number of H-pyrrole nitrogens is 1. The van der Waals surface area contributed by atoms with Crippen LogP contribution in [0, 0.1) is 0 Å². The number of hydrogen-bond donors (Lipinski definition) is 1. The van der Waals surface area contributed by atoms with Gasteiger partial charge in [-0.2, -0.15) is 5.10 Å². The summed E-state index contributed by atoms with van der Waals surface area (Å²) in [7, 11) is 0. The highest BCUT2D eigenvalue weighted by Crippen LogP contribution is 2.06. The van der Waals surface area contributed by atoms with Gasteiger partial charge in [0.1, 0.15) is 0 Å². The number of fused-ring (bicyclic) bond motifs is 1. The number of benzene rings is 1. The van der Waals surface area contributed by atoms with Gasteiger partial charge in [-0.25, -0.2) is 0 Å². The van der Waals surface area contributed by atoms with E-state index in [1.165, 1.54) is 12.3 Å². The summed E-state index contributed by atoms with van der Waals surface area (Å²) in [5.74, 6) is -0.00810. The molecule has 0 bridgehead atoms. The van der Waals surface area contributed by atoms with Gasteiger partial charge in [0.05, 0.1) is 24.5 Å². The van der Waals surface area contributed by atoms with Crippen LogP contribution < -0.4 is 0 Å². The number of allylic oxidation sites excluding steroid dienone is 1. The SMILES string of the molecule is O=C1C=CCN=C1.c1ccc2[nH]ncc2c1. The second kappa shape index (κ2) is 5.02. The molecule has 1 aromatic carbocycles. The molecule has 4 heteroatoms. The molecule has 0 spiro atoms. The van der Waals surface area contributed by atoms with Crippen molar-refractivity contribution in [3.8, 4) is 0 Å². The van der Waals surface area contributed by atoms with Crippen molar-refractivity contribution in [2.45, 2.75) is 0 Å². The molecule has 2 aromatic rings. The Labute approximate surface area is 92.7 Å². The molecule has 1 aliphatic heterocycles. The van der Waals surface area contributed by atoms with Gasteiger partial charge in [-0.3, -0.25) is 14.9 Å². The molecule has 0 saturated heterocycles. The normalized spacial score (nSPS) is 13.6. The lowest BCUT2D eigenvalue weighted by Crippen LogP contribution is -1.98. The number of aliphatic imine (C=N–C) groups is 1. The molecule has 0 fully saturated rings. The first-order valence-corrected chi connectivity index (χ1v) is 4.95. The number of para-hydroxylation sites is 1. The van der Waals surface area contributed by atoms with E-state index in [0.29, 0.717) is 6.54 Å². The first kappa shape index (κ1) is 10.3. The van der Waals surface area contributed by atoms with E-state index in [9.17, 15) is 4.79 Å². The predicted octanol–water partition coefficient (Wildman–Crippen LogP) is 1.76. The lowest BCUT2D eigenvalue weighted by molar-refractivity contribution is -0.108. The van der Waals surface area contributed by atoms with Gasteiger partial charge in [0, 0.05) is 5.39 Å². The van der Waals surface area contributed by atoms with Crippen LogP contribution in [0.3, 0.4) is 0 Å². The Kier molecular flexibility index (Phi) is 3.23. The molecular weight excluding hydrogens is 202 g/mol. The van der Waals surface area contributed by atoms with Gasteiger partial charge in [-0.15, -0.1) is 0 Å². The molecule has 0 radical (unpaired) electrons. The summed E-state index contributed by atoms with van der Waals surface area (Å²) in [6.07, 6.45) is 6.41. The van der Waals surface area contributed by atoms with E-state index in [2.05, 4.69) is 15.2 Å². The molecule has 0 unspecified atom stereocenters. The number of aromatic nitrogens is 2. The van der Waals surface area contributed by atoms with Crippen LogP contribution in [0.15, 0.2) is 47.6 Å². The highest BCUT2D eigenvalue weighted by Gasteiger charge is 1.90. The van der Waals surface area contributed by atoms with E-state index in [1.54, 1.807) is 6.08 Å². The molecule has 0 saturated carbocycles. The standard InChI is InChI=1S/C7H6N2.C5H5NO/c1-2-4-7-6(3-1)5-8-9-7;7-5-2-1-3-6-4-5/h1-5H,(H,8,9);1-2,4H,3H2. The number of dihydropyridines is 1. The first-order valence-electron chi connectivity index (χ1n) is 4.95. The summed E-state index contributed by atoms with van der Waals surface area (Å²) < 4.78 is 0. The molecule has 0 aliphatic carbocycles. The smallest absolute Gasteiger partial charge is 0.196 e. The predicted molar refractivity (Wildman–Crippen MR) is 63.6 cm³/mol. The van der Waals surface area contributed by atoms with Gasteiger partial charge < -0.3 is 0 Å². The summed E-state index contributed by atoms with van der Waals surface area (Å²) in [6, 6.07) is 8.01.